The Morgan fingerprint density at radius 2 is 2.33 bits per heavy atom. The minimum Gasteiger partial charge on any atom is -0.479 e. The summed E-state index contributed by atoms with van der Waals surface area (Å²) in [6.45, 7) is -0.468. The summed E-state index contributed by atoms with van der Waals surface area (Å²) in [5.74, 6) is -0.491. The van der Waals surface area contributed by atoms with Gasteiger partial charge in [0.15, 0.2) is 17.5 Å². The van der Waals surface area contributed by atoms with Crippen molar-refractivity contribution in [1.82, 2.24) is 9.97 Å². The highest BCUT2D eigenvalue weighted by atomic mass is 35.5. The van der Waals surface area contributed by atoms with E-state index in [9.17, 15) is 4.79 Å². The molecule has 0 aliphatic carbocycles. The lowest BCUT2D eigenvalue weighted by molar-refractivity contribution is -0.139. The van der Waals surface area contributed by atoms with Crippen molar-refractivity contribution in [2.45, 2.75) is 0 Å². The second-order valence-corrected chi connectivity index (χ2v) is 3.26. The number of aromatic nitrogens is 2. The molecule has 82 valence electrons. The molecule has 1 heterocycles. The van der Waals surface area contributed by atoms with Gasteiger partial charge < -0.3 is 14.7 Å². The highest BCUT2D eigenvalue weighted by Gasteiger charge is 2.08. The molecule has 7 heteroatoms. The van der Waals surface area contributed by atoms with Crippen LogP contribution in [0, 0.1) is 0 Å². The number of hydrogen-bond acceptors (Lipinski definition) is 5. The number of rotatable bonds is 4. The number of carbonyl (C=O) groups is 1. The maximum absolute atomic E-state index is 10.2. The maximum Gasteiger partial charge on any atom is 0.341 e. The molecular weight excluding hydrogens is 222 g/mol. The highest BCUT2D eigenvalue weighted by Crippen LogP contribution is 2.22. The minimum atomic E-state index is -1.08. The topological polar surface area (TPSA) is 75.6 Å². The van der Waals surface area contributed by atoms with Gasteiger partial charge in [0.05, 0.1) is 6.20 Å². The highest BCUT2D eigenvalue weighted by molar-refractivity contribution is 6.30. The Morgan fingerprint density at radius 1 is 1.67 bits per heavy atom. The van der Waals surface area contributed by atoms with Crippen LogP contribution in [0.3, 0.4) is 0 Å². The molecule has 0 aliphatic heterocycles. The van der Waals surface area contributed by atoms with Gasteiger partial charge in [-0.05, 0) is 0 Å². The largest absolute Gasteiger partial charge is 0.479 e. The van der Waals surface area contributed by atoms with Crippen molar-refractivity contribution in [1.29, 1.82) is 0 Å². The molecule has 0 aromatic carbocycles. The van der Waals surface area contributed by atoms with Crippen LogP contribution in [0.2, 0.25) is 5.15 Å². The van der Waals surface area contributed by atoms with Crippen molar-refractivity contribution in [3.63, 3.8) is 0 Å². The summed E-state index contributed by atoms with van der Waals surface area (Å²) in [5.41, 5.74) is 0. The first-order valence-electron chi connectivity index (χ1n) is 4.05. The SMILES string of the molecule is CN(C)c1ncc(OCC(=O)O)c(Cl)n1. The van der Waals surface area contributed by atoms with Crippen molar-refractivity contribution in [2.24, 2.45) is 0 Å². The van der Waals surface area contributed by atoms with Crippen molar-refractivity contribution in [3.8, 4) is 5.75 Å². The summed E-state index contributed by atoms with van der Waals surface area (Å²) in [6, 6.07) is 0. The number of hydrogen-bond donors (Lipinski definition) is 1. The molecule has 15 heavy (non-hydrogen) atoms. The van der Waals surface area contributed by atoms with Crippen molar-refractivity contribution < 1.29 is 14.6 Å². The molecule has 1 rings (SSSR count). The van der Waals surface area contributed by atoms with E-state index >= 15 is 0 Å². The molecule has 1 N–H and O–H groups in total. The summed E-state index contributed by atoms with van der Waals surface area (Å²) in [4.78, 5) is 19.8. The van der Waals surface area contributed by atoms with Gasteiger partial charge in [-0.25, -0.2) is 9.78 Å². The van der Waals surface area contributed by atoms with Crippen LogP contribution in [-0.4, -0.2) is 41.7 Å². The van der Waals surface area contributed by atoms with E-state index in [0.717, 1.165) is 0 Å². The molecule has 0 amide bonds. The van der Waals surface area contributed by atoms with E-state index in [0.29, 0.717) is 5.95 Å². The predicted molar refractivity (Wildman–Crippen MR) is 54.5 cm³/mol. The van der Waals surface area contributed by atoms with Crippen molar-refractivity contribution in [3.05, 3.63) is 11.3 Å². The van der Waals surface area contributed by atoms with Gasteiger partial charge in [-0.3, -0.25) is 0 Å². The third-order valence-corrected chi connectivity index (χ3v) is 1.72. The first kappa shape index (κ1) is 11.5. The zero-order valence-corrected chi connectivity index (χ0v) is 9.02. The molecule has 0 aliphatic rings. The Kier molecular flexibility index (Phi) is 3.68. The summed E-state index contributed by atoms with van der Waals surface area (Å²) in [5, 5.41) is 8.48. The van der Waals surface area contributed by atoms with Crippen LogP contribution >= 0.6 is 11.6 Å². The van der Waals surface area contributed by atoms with Gasteiger partial charge >= 0.3 is 5.97 Å². The number of aliphatic carboxylic acids is 1. The summed E-state index contributed by atoms with van der Waals surface area (Å²) < 4.78 is 4.86. The Hall–Kier alpha value is -1.56. The minimum absolute atomic E-state index is 0.0925. The van der Waals surface area contributed by atoms with Crippen LogP contribution in [0.25, 0.3) is 0 Å². The van der Waals surface area contributed by atoms with Gasteiger partial charge in [-0.2, -0.15) is 4.98 Å². The Morgan fingerprint density at radius 3 is 2.80 bits per heavy atom. The predicted octanol–water partition coefficient (Wildman–Crippen LogP) is 0.659. The quantitative estimate of drug-likeness (QED) is 0.768. The molecule has 0 saturated heterocycles. The van der Waals surface area contributed by atoms with Crippen LogP contribution in [0.4, 0.5) is 5.95 Å². The number of nitrogens with zero attached hydrogens (tertiary/aromatic N) is 3. The van der Waals surface area contributed by atoms with E-state index in [4.69, 9.17) is 21.4 Å². The van der Waals surface area contributed by atoms with E-state index in [-0.39, 0.29) is 10.9 Å². The standard InChI is InChI=1S/C8H10ClN3O3/c1-12(2)8-10-3-5(7(9)11-8)15-4-6(13)14/h3H,4H2,1-2H3,(H,13,14). The first-order valence-corrected chi connectivity index (χ1v) is 4.43. The van der Waals surface area contributed by atoms with Crippen LogP contribution in [0.5, 0.6) is 5.75 Å². The molecule has 0 radical (unpaired) electrons. The Balaban J connectivity index is 2.79. The smallest absolute Gasteiger partial charge is 0.341 e. The van der Waals surface area contributed by atoms with Gasteiger partial charge in [0.2, 0.25) is 5.95 Å². The van der Waals surface area contributed by atoms with Gasteiger partial charge in [0.1, 0.15) is 0 Å². The molecule has 0 bridgehead atoms. The second kappa shape index (κ2) is 4.79. The lowest BCUT2D eigenvalue weighted by Gasteiger charge is -2.11. The van der Waals surface area contributed by atoms with Crippen LogP contribution in [0.15, 0.2) is 6.20 Å². The second-order valence-electron chi connectivity index (χ2n) is 2.90. The van der Waals surface area contributed by atoms with Crippen molar-refractivity contribution in [2.75, 3.05) is 25.6 Å². The number of halogens is 1. The van der Waals surface area contributed by atoms with E-state index in [2.05, 4.69) is 9.97 Å². The van der Waals surface area contributed by atoms with Crippen molar-refractivity contribution >= 4 is 23.5 Å². The molecule has 0 saturated carbocycles. The fraction of sp³-hybridized carbons (Fsp3) is 0.375. The molecule has 0 spiro atoms. The third-order valence-electron chi connectivity index (χ3n) is 1.45. The average Bonchev–Trinajstić information content (AvgIpc) is 2.15. The number of ether oxygens (including phenoxy) is 1. The molecule has 1 aromatic heterocycles. The van der Waals surface area contributed by atoms with Gasteiger partial charge in [0, 0.05) is 14.1 Å². The molecule has 0 fully saturated rings. The van der Waals surface area contributed by atoms with Crippen LogP contribution in [-0.2, 0) is 4.79 Å². The molecule has 6 nitrogen and oxygen atoms in total. The summed E-state index contributed by atoms with van der Waals surface area (Å²) >= 11 is 5.76. The summed E-state index contributed by atoms with van der Waals surface area (Å²) in [6.07, 6.45) is 1.34. The molecular formula is C8H10ClN3O3. The number of carboxylic acids is 1. The fourth-order valence-corrected chi connectivity index (χ4v) is 0.972. The van der Waals surface area contributed by atoms with E-state index in [1.165, 1.54) is 6.20 Å². The summed E-state index contributed by atoms with van der Waals surface area (Å²) in [7, 11) is 3.53. The van der Waals surface area contributed by atoms with Gasteiger partial charge in [-0.15, -0.1) is 0 Å². The fourth-order valence-electron chi connectivity index (χ4n) is 0.793. The van der Waals surface area contributed by atoms with Gasteiger partial charge in [-0.1, -0.05) is 11.6 Å². The Bertz CT molecular complexity index is 370. The molecule has 0 atom stereocenters. The number of anilines is 1. The van der Waals surface area contributed by atoms with Crippen LogP contribution in [0.1, 0.15) is 0 Å². The zero-order chi connectivity index (χ0) is 11.4. The monoisotopic (exact) mass is 231 g/mol. The Labute approximate surface area is 91.5 Å². The third kappa shape index (κ3) is 3.25. The van der Waals surface area contributed by atoms with Crippen LogP contribution < -0.4 is 9.64 Å². The zero-order valence-electron chi connectivity index (χ0n) is 8.27. The number of carboxylic acid groups (broad SMARTS) is 1. The van der Waals surface area contributed by atoms with Gasteiger partial charge in [0.25, 0.3) is 0 Å². The molecule has 1 aromatic rings. The first-order chi connectivity index (χ1) is 7.00. The maximum atomic E-state index is 10.2. The van der Waals surface area contributed by atoms with E-state index in [1.807, 2.05) is 0 Å². The van der Waals surface area contributed by atoms with E-state index in [1.54, 1.807) is 19.0 Å². The molecule has 0 unspecified atom stereocenters. The lowest BCUT2D eigenvalue weighted by atomic mass is 10.6. The average molecular weight is 232 g/mol. The normalized spacial score (nSPS) is 9.80. The lowest BCUT2D eigenvalue weighted by Crippen LogP contribution is -2.14. The van der Waals surface area contributed by atoms with E-state index < -0.39 is 12.6 Å².